The van der Waals surface area contributed by atoms with Gasteiger partial charge in [0.05, 0.1) is 0 Å². The monoisotopic (exact) mass is 346 g/mol. The van der Waals surface area contributed by atoms with E-state index in [0.717, 1.165) is 28.5 Å². The number of nitrogens with one attached hydrogen (secondary N) is 1. The number of carbonyl (C=O) groups is 1. The summed E-state index contributed by atoms with van der Waals surface area (Å²) in [4.78, 5) is 21.0. The van der Waals surface area contributed by atoms with Gasteiger partial charge in [-0.1, -0.05) is 0 Å². The summed E-state index contributed by atoms with van der Waals surface area (Å²) in [6.45, 7) is 0.0825. The Morgan fingerprint density at radius 1 is 1.48 bits per heavy atom. The highest BCUT2D eigenvalue weighted by Gasteiger charge is 2.28. The zero-order valence-electron chi connectivity index (χ0n) is 11.0. The lowest BCUT2D eigenvalue weighted by atomic mass is 10.1. The normalized spacial score (nSPS) is 14.7. The average Bonchev–Trinajstić information content (AvgIpc) is 3.07. The van der Waals surface area contributed by atoms with Crippen molar-refractivity contribution in [2.75, 3.05) is 0 Å². The van der Waals surface area contributed by atoms with Crippen LogP contribution in [0.3, 0.4) is 0 Å². The lowest BCUT2D eigenvalue weighted by Gasteiger charge is -1.98. The number of aromatic nitrogens is 6. The molecule has 0 bridgehead atoms. The SMILES string of the molecule is O=C(Cn1nnc(C2CC2)n1)c1c[nH]c2ncc(Br)cc12. The summed E-state index contributed by atoms with van der Waals surface area (Å²) >= 11 is 3.37. The van der Waals surface area contributed by atoms with Crippen LogP contribution in [-0.2, 0) is 6.54 Å². The second kappa shape index (κ2) is 4.73. The van der Waals surface area contributed by atoms with E-state index in [9.17, 15) is 4.79 Å². The minimum absolute atomic E-state index is 0.0686. The van der Waals surface area contributed by atoms with E-state index in [4.69, 9.17) is 0 Å². The van der Waals surface area contributed by atoms with Gasteiger partial charge in [0, 0.05) is 33.7 Å². The number of tetrazole rings is 1. The predicted octanol–water partition coefficient (Wildman–Crippen LogP) is 2.07. The molecule has 0 aliphatic heterocycles. The minimum Gasteiger partial charge on any atom is -0.345 e. The van der Waals surface area contributed by atoms with Crippen LogP contribution in [0.1, 0.15) is 34.9 Å². The van der Waals surface area contributed by atoms with E-state index in [0.29, 0.717) is 17.1 Å². The highest BCUT2D eigenvalue weighted by atomic mass is 79.9. The molecule has 7 nitrogen and oxygen atoms in total. The van der Waals surface area contributed by atoms with Gasteiger partial charge in [-0.3, -0.25) is 4.79 Å². The Labute approximate surface area is 127 Å². The van der Waals surface area contributed by atoms with Crippen molar-refractivity contribution < 1.29 is 4.79 Å². The first kappa shape index (κ1) is 12.6. The van der Waals surface area contributed by atoms with Crippen LogP contribution in [-0.4, -0.2) is 36.0 Å². The fourth-order valence-corrected chi connectivity index (χ4v) is 2.58. The second-order valence-electron chi connectivity index (χ2n) is 5.13. The molecule has 1 aliphatic carbocycles. The van der Waals surface area contributed by atoms with E-state index < -0.39 is 0 Å². The molecular formula is C13H11BrN6O. The Kier molecular flexibility index (Phi) is 2.85. The number of aromatic amines is 1. The summed E-state index contributed by atoms with van der Waals surface area (Å²) in [6.07, 6.45) is 5.59. The van der Waals surface area contributed by atoms with Crippen LogP contribution in [0.4, 0.5) is 0 Å². The number of H-pyrrole nitrogens is 1. The summed E-state index contributed by atoms with van der Waals surface area (Å²) < 4.78 is 0.832. The van der Waals surface area contributed by atoms with Crippen LogP contribution in [0, 0.1) is 0 Å². The summed E-state index contributed by atoms with van der Waals surface area (Å²) in [5.41, 5.74) is 1.27. The largest absolute Gasteiger partial charge is 0.345 e. The van der Waals surface area contributed by atoms with Gasteiger partial charge in [-0.15, -0.1) is 10.2 Å². The molecule has 3 heterocycles. The van der Waals surface area contributed by atoms with Crippen LogP contribution in [0.2, 0.25) is 0 Å². The van der Waals surface area contributed by atoms with Crippen molar-refractivity contribution in [3.8, 4) is 0 Å². The van der Waals surface area contributed by atoms with Crippen molar-refractivity contribution in [2.45, 2.75) is 25.3 Å². The van der Waals surface area contributed by atoms with E-state index >= 15 is 0 Å². The lowest BCUT2D eigenvalue weighted by Crippen LogP contribution is -2.13. The first-order valence-electron chi connectivity index (χ1n) is 6.64. The van der Waals surface area contributed by atoms with Gasteiger partial charge in [0.1, 0.15) is 12.2 Å². The molecule has 0 aromatic carbocycles. The van der Waals surface area contributed by atoms with Crippen LogP contribution < -0.4 is 0 Å². The maximum atomic E-state index is 12.4. The van der Waals surface area contributed by atoms with Gasteiger partial charge in [-0.2, -0.15) is 4.80 Å². The summed E-state index contributed by atoms with van der Waals surface area (Å²) in [5.74, 6) is 1.11. The molecule has 4 rings (SSSR count). The Morgan fingerprint density at radius 3 is 3.14 bits per heavy atom. The fourth-order valence-electron chi connectivity index (χ4n) is 2.25. The third kappa shape index (κ3) is 2.35. The van der Waals surface area contributed by atoms with Crippen molar-refractivity contribution in [2.24, 2.45) is 0 Å². The van der Waals surface area contributed by atoms with Crippen LogP contribution in [0.5, 0.6) is 0 Å². The Hall–Kier alpha value is -2.09. The minimum atomic E-state index is -0.0686. The number of carbonyl (C=O) groups excluding carboxylic acids is 1. The van der Waals surface area contributed by atoms with Crippen LogP contribution in [0.15, 0.2) is 22.9 Å². The summed E-state index contributed by atoms with van der Waals surface area (Å²) in [6, 6.07) is 1.87. The highest BCUT2D eigenvalue weighted by Crippen LogP contribution is 2.37. The molecular weight excluding hydrogens is 336 g/mol. The highest BCUT2D eigenvalue weighted by molar-refractivity contribution is 9.10. The molecule has 1 N–H and O–H groups in total. The van der Waals surface area contributed by atoms with Gasteiger partial charge < -0.3 is 4.98 Å². The van der Waals surface area contributed by atoms with Gasteiger partial charge in [0.2, 0.25) is 0 Å². The first-order chi connectivity index (χ1) is 10.2. The number of fused-ring (bicyclic) bond motifs is 1. The van der Waals surface area contributed by atoms with Gasteiger partial charge in [0.15, 0.2) is 11.6 Å². The van der Waals surface area contributed by atoms with Crippen molar-refractivity contribution >= 4 is 32.7 Å². The Morgan fingerprint density at radius 2 is 2.33 bits per heavy atom. The zero-order valence-corrected chi connectivity index (χ0v) is 12.5. The molecule has 106 valence electrons. The van der Waals surface area contributed by atoms with E-state index in [-0.39, 0.29) is 12.3 Å². The molecule has 0 spiro atoms. The Balaban J connectivity index is 1.61. The van der Waals surface area contributed by atoms with Gasteiger partial charge in [-0.25, -0.2) is 4.98 Å². The molecule has 3 aromatic heterocycles. The predicted molar refractivity (Wildman–Crippen MR) is 77.9 cm³/mol. The number of halogens is 1. The third-order valence-corrected chi connectivity index (χ3v) is 3.93. The van der Waals surface area contributed by atoms with E-state index in [2.05, 4.69) is 41.3 Å². The molecule has 0 unspecified atom stereocenters. The van der Waals surface area contributed by atoms with Gasteiger partial charge >= 0.3 is 0 Å². The smallest absolute Gasteiger partial charge is 0.188 e. The number of Topliss-reactive ketones (excluding diaryl/α,β-unsaturated/α-hetero) is 1. The lowest BCUT2D eigenvalue weighted by molar-refractivity contribution is 0.0963. The zero-order chi connectivity index (χ0) is 14.4. The molecule has 8 heteroatoms. The molecule has 0 amide bonds. The summed E-state index contributed by atoms with van der Waals surface area (Å²) in [7, 11) is 0. The molecule has 1 aliphatic rings. The first-order valence-corrected chi connectivity index (χ1v) is 7.43. The number of rotatable bonds is 4. The number of hydrogen-bond donors (Lipinski definition) is 1. The average molecular weight is 347 g/mol. The van der Waals surface area contributed by atoms with Crippen LogP contribution in [0.25, 0.3) is 11.0 Å². The molecule has 0 saturated heterocycles. The number of hydrogen-bond acceptors (Lipinski definition) is 5. The van der Waals surface area contributed by atoms with E-state index in [1.54, 1.807) is 12.4 Å². The maximum Gasteiger partial charge on any atom is 0.188 e. The van der Waals surface area contributed by atoms with Crippen molar-refractivity contribution in [1.29, 1.82) is 0 Å². The molecule has 0 atom stereocenters. The van der Waals surface area contributed by atoms with E-state index in [1.165, 1.54) is 4.80 Å². The standard InChI is InChI=1S/C13H11BrN6O/c14-8-3-9-10(5-16-13(9)15-4-8)11(21)6-20-18-12(17-19-20)7-1-2-7/h3-5,7H,1-2,6H2,(H,15,16). The molecule has 21 heavy (non-hydrogen) atoms. The number of pyridine rings is 1. The fraction of sp³-hybridized carbons (Fsp3) is 0.308. The van der Waals surface area contributed by atoms with Crippen LogP contribution >= 0.6 is 15.9 Å². The summed E-state index contributed by atoms with van der Waals surface area (Å²) in [5, 5.41) is 13.0. The molecule has 1 fully saturated rings. The maximum absolute atomic E-state index is 12.4. The van der Waals surface area contributed by atoms with Crippen molar-refractivity contribution in [3.63, 3.8) is 0 Å². The third-order valence-electron chi connectivity index (χ3n) is 3.49. The molecule has 3 aromatic rings. The van der Waals surface area contributed by atoms with Gasteiger partial charge in [-0.05, 0) is 40.1 Å². The number of ketones is 1. The number of nitrogens with zero attached hydrogens (tertiary/aromatic N) is 5. The van der Waals surface area contributed by atoms with Crippen molar-refractivity contribution in [1.82, 2.24) is 30.2 Å². The van der Waals surface area contributed by atoms with Gasteiger partial charge in [0.25, 0.3) is 0 Å². The second-order valence-corrected chi connectivity index (χ2v) is 6.04. The van der Waals surface area contributed by atoms with E-state index in [1.807, 2.05) is 6.07 Å². The molecule has 1 saturated carbocycles. The quantitative estimate of drug-likeness (QED) is 0.730. The topological polar surface area (TPSA) is 89.4 Å². The Bertz CT molecular complexity index is 834. The van der Waals surface area contributed by atoms with Crippen molar-refractivity contribution in [3.05, 3.63) is 34.3 Å². The molecule has 0 radical (unpaired) electrons.